The van der Waals surface area contributed by atoms with Crippen molar-refractivity contribution in [1.82, 2.24) is 10.4 Å². The lowest BCUT2D eigenvalue weighted by molar-refractivity contribution is -0.162. The minimum Gasteiger partial charge on any atom is -0.320 e. The Labute approximate surface area is 103 Å². The summed E-state index contributed by atoms with van der Waals surface area (Å²) in [6.45, 7) is 1.96. The minimum absolute atomic E-state index is 0.256. The monoisotopic (exact) mass is 254 g/mol. The molecule has 0 bridgehead atoms. The molecule has 3 amide bonds. The predicted octanol–water partition coefficient (Wildman–Crippen LogP) is 1.88. The Kier molecular flexibility index (Phi) is 3.31. The number of nitrogens with zero attached hydrogens (tertiary/aromatic N) is 1. The third kappa shape index (κ3) is 2.25. The number of amides is 3. The van der Waals surface area contributed by atoms with Crippen LogP contribution in [0.3, 0.4) is 0 Å². The van der Waals surface area contributed by atoms with Crippen LogP contribution >= 0.6 is 11.6 Å². The Balaban J connectivity index is 2.21. The van der Waals surface area contributed by atoms with E-state index < -0.39 is 18.0 Å². The van der Waals surface area contributed by atoms with Crippen molar-refractivity contribution in [2.45, 2.75) is 13.0 Å². The highest BCUT2D eigenvalue weighted by atomic mass is 35.5. The fourth-order valence-electron chi connectivity index (χ4n) is 1.59. The molecule has 2 rings (SSSR count). The Hall–Kier alpha value is -1.59. The maximum Gasteiger partial charge on any atom is 0.349 e. The molecule has 0 spiro atoms. The van der Waals surface area contributed by atoms with Gasteiger partial charge in [0.05, 0.1) is 6.61 Å². The Morgan fingerprint density at radius 1 is 1.35 bits per heavy atom. The normalized spacial score (nSPS) is 19.6. The highest BCUT2D eigenvalue weighted by Crippen LogP contribution is 2.23. The number of nitrogens with one attached hydrogen (secondary N) is 1. The molecule has 0 aliphatic carbocycles. The largest absolute Gasteiger partial charge is 0.349 e. The average Bonchev–Trinajstić information content (AvgIpc) is 2.59. The first-order valence-corrected chi connectivity index (χ1v) is 5.54. The summed E-state index contributed by atoms with van der Waals surface area (Å²) in [5.41, 5.74) is 0.676. The molecule has 1 heterocycles. The number of urea groups is 1. The van der Waals surface area contributed by atoms with E-state index in [1.165, 1.54) is 0 Å². The van der Waals surface area contributed by atoms with Crippen molar-refractivity contribution in [3.63, 3.8) is 0 Å². The summed E-state index contributed by atoms with van der Waals surface area (Å²) in [7, 11) is 0. The number of halogens is 1. The number of hydrogen-bond acceptors (Lipinski definition) is 3. The first-order chi connectivity index (χ1) is 8.13. The maximum atomic E-state index is 11.9. The second kappa shape index (κ2) is 4.73. The quantitative estimate of drug-likeness (QED) is 0.838. The summed E-state index contributed by atoms with van der Waals surface area (Å²) in [4.78, 5) is 28.3. The zero-order chi connectivity index (χ0) is 12.4. The van der Waals surface area contributed by atoms with Gasteiger partial charge in [0.25, 0.3) is 5.91 Å². The van der Waals surface area contributed by atoms with Gasteiger partial charge < -0.3 is 5.32 Å². The summed E-state index contributed by atoms with van der Waals surface area (Å²) in [5, 5.41) is 3.87. The second-order valence-electron chi connectivity index (χ2n) is 3.48. The van der Waals surface area contributed by atoms with Gasteiger partial charge in [-0.1, -0.05) is 23.7 Å². The molecular formula is C11H11ClN2O3. The smallest absolute Gasteiger partial charge is 0.320 e. The molecule has 1 saturated heterocycles. The minimum atomic E-state index is -0.702. The summed E-state index contributed by atoms with van der Waals surface area (Å²) in [6, 6.07) is 5.48. The molecule has 5 nitrogen and oxygen atoms in total. The van der Waals surface area contributed by atoms with Crippen LogP contribution in [0.2, 0.25) is 5.02 Å². The molecule has 1 unspecified atom stereocenters. The standard InChI is InChI=1S/C11H11ClN2O3/c1-2-17-14-10(15)9(13-11(14)16)7-3-5-8(12)6-4-7/h3-6,9H,2H2,1H3,(H,13,16). The van der Waals surface area contributed by atoms with E-state index in [1.807, 2.05) is 0 Å². The molecule has 1 fully saturated rings. The SMILES string of the molecule is CCON1C(=O)NC(c2ccc(Cl)cc2)C1=O. The summed E-state index contributed by atoms with van der Waals surface area (Å²) < 4.78 is 0. The van der Waals surface area contributed by atoms with Crippen molar-refractivity contribution in [3.8, 4) is 0 Å². The van der Waals surface area contributed by atoms with Gasteiger partial charge in [-0.3, -0.25) is 9.63 Å². The summed E-state index contributed by atoms with van der Waals surface area (Å²) in [6.07, 6.45) is 0. The molecule has 1 aromatic rings. The van der Waals surface area contributed by atoms with Gasteiger partial charge >= 0.3 is 6.03 Å². The lowest BCUT2D eigenvalue weighted by Gasteiger charge is -2.10. The van der Waals surface area contributed by atoms with E-state index in [9.17, 15) is 9.59 Å². The number of rotatable bonds is 3. The fraction of sp³-hybridized carbons (Fsp3) is 0.273. The zero-order valence-electron chi connectivity index (χ0n) is 9.14. The van der Waals surface area contributed by atoms with Gasteiger partial charge in [0.1, 0.15) is 6.04 Å². The van der Waals surface area contributed by atoms with E-state index in [2.05, 4.69) is 5.32 Å². The van der Waals surface area contributed by atoms with Crippen LogP contribution in [0.15, 0.2) is 24.3 Å². The zero-order valence-corrected chi connectivity index (χ0v) is 9.90. The van der Waals surface area contributed by atoms with Crippen LogP contribution in [0, 0.1) is 0 Å². The third-order valence-electron chi connectivity index (χ3n) is 2.36. The fourth-order valence-corrected chi connectivity index (χ4v) is 1.72. The summed E-state index contributed by atoms with van der Waals surface area (Å²) in [5.74, 6) is -0.417. The number of hydroxylamine groups is 2. The van der Waals surface area contributed by atoms with Gasteiger partial charge in [-0.25, -0.2) is 4.79 Å². The molecule has 0 aromatic heterocycles. The van der Waals surface area contributed by atoms with Gasteiger partial charge in [0.2, 0.25) is 0 Å². The predicted molar refractivity (Wildman–Crippen MR) is 61.2 cm³/mol. The molecule has 1 aliphatic rings. The van der Waals surface area contributed by atoms with Crippen molar-refractivity contribution >= 4 is 23.5 Å². The van der Waals surface area contributed by atoms with Crippen molar-refractivity contribution in [1.29, 1.82) is 0 Å². The Morgan fingerprint density at radius 3 is 2.59 bits per heavy atom. The van der Waals surface area contributed by atoms with E-state index in [0.29, 0.717) is 10.6 Å². The maximum absolute atomic E-state index is 11.9. The highest BCUT2D eigenvalue weighted by Gasteiger charge is 2.39. The van der Waals surface area contributed by atoms with Crippen LogP contribution in [0.1, 0.15) is 18.5 Å². The second-order valence-corrected chi connectivity index (χ2v) is 3.92. The molecular weight excluding hydrogens is 244 g/mol. The third-order valence-corrected chi connectivity index (χ3v) is 2.61. The molecule has 1 atom stereocenters. The van der Waals surface area contributed by atoms with Crippen LogP contribution in [-0.4, -0.2) is 23.6 Å². The Bertz CT molecular complexity index is 447. The van der Waals surface area contributed by atoms with Gasteiger partial charge in [0, 0.05) is 5.02 Å². The summed E-state index contributed by atoms with van der Waals surface area (Å²) >= 11 is 5.75. The van der Waals surface area contributed by atoms with E-state index in [4.69, 9.17) is 16.4 Å². The number of imide groups is 1. The molecule has 17 heavy (non-hydrogen) atoms. The van der Waals surface area contributed by atoms with E-state index in [-0.39, 0.29) is 6.61 Å². The number of carbonyl (C=O) groups is 2. The van der Waals surface area contributed by atoms with Crippen LogP contribution in [0.25, 0.3) is 0 Å². The lowest BCUT2D eigenvalue weighted by atomic mass is 10.1. The van der Waals surface area contributed by atoms with Crippen molar-refractivity contribution in [2.24, 2.45) is 0 Å². The van der Waals surface area contributed by atoms with Crippen LogP contribution < -0.4 is 5.32 Å². The topological polar surface area (TPSA) is 58.6 Å². The van der Waals surface area contributed by atoms with Crippen LogP contribution in [0.5, 0.6) is 0 Å². The average molecular weight is 255 g/mol. The number of hydrogen-bond donors (Lipinski definition) is 1. The number of carbonyl (C=O) groups excluding carboxylic acids is 2. The molecule has 1 aliphatic heterocycles. The van der Waals surface area contributed by atoms with E-state index >= 15 is 0 Å². The van der Waals surface area contributed by atoms with Crippen molar-refractivity contribution in [2.75, 3.05) is 6.61 Å². The highest BCUT2D eigenvalue weighted by molar-refractivity contribution is 6.30. The molecule has 90 valence electrons. The van der Waals surface area contributed by atoms with Gasteiger partial charge in [0.15, 0.2) is 0 Å². The van der Waals surface area contributed by atoms with Gasteiger partial charge in [-0.15, -0.1) is 5.06 Å². The Morgan fingerprint density at radius 2 is 2.00 bits per heavy atom. The molecule has 1 N–H and O–H groups in total. The van der Waals surface area contributed by atoms with Gasteiger partial charge in [-0.05, 0) is 24.6 Å². The van der Waals surface area contributed by atoms with E-state index in [0.717, 1.165) is 5.06 Å². The molecule has 0 radical (unpaired) electrons. The lowest BCUT2D eigenvalue weighted by Crippen LogP contribution is -2.31. The van der Waals surface area contributed by atoms with Gasteiger partial charge in [-0.2, -0.15) is 0 Å². The molecule has 1 aromatic carbocycles. The van der Waals surface area contributed by atoms with Crippen molar-refractivity contribution < 1.29 is 14.4 Å². The van der Waals surface area contributed by atoms with Crippen LogP contribution in [0.4, 0.5) is 4.79 Å². The first-order valence-electron chi connectivity index (χ1n) is 5.16. The molecule has 6 heteroatoms. The van der Waals surface area contributed by atoms with Crippen LogP contribution in [-0.2, 0) is 9.63 Å². The first kappa shape index (κ1) is 11.9. The molecule has 0 saturated carbocycles. The van der Waals surface area contributed by atoms with Crippen molar-refractivity contribution in [3.05, 3.63) is 34.9 Å². The number of benzene rings is 1. The van der Waals surface area contributed by atoms with E-state index in [1.54, 1.807) is 31.2 Å².